The molecule has 2 heterocycles. The van der Waals surface area contributed by atoms with Gasteiger partial charge < -0.3 is 20.7 Å². The Morgan fingerprint density at radius 1 is 1.27 bits per heavy atom. The summed E-state index contributed by atoms with van der Waals surface area (Å²) in [7, 11) is 2.02. The van der Waals surface area contributed by atoms with Gasteiger partial charge >= 0.3 is 5.97 Å². The fraction of sp³-hybridized carbons (Fsp3) is 0.467. The lowest BCUT2D eigenvalue weighted by molar-refractivity contribution is -0.167. The summed E-state index contributed by atoms with van der Waals surface area (Å²) in [6.07, 6.45) is 12.5. The molecular weight excluding hydrogens is 482 g/mol. The lowest BCUT2D eigenvalue weighted by Gasteiger charge is -2.39. The summed E-state index contributed by atoms with van der Waals surface area (Å²) >= 11 is 1.66. The van der Waals surface area contributed by atoms with E-state index < -0.39 is 0 Å². The average molecular weight is 524 g/mol. The van der Waals surface area contributed by atoms with Crippen LogP contribution in [0.25, 0.3) is 10.4 Å². The number of nitrogens with one attached hydrogen (secondary N) is 1. The number of ether oxygens (including phenoxy) is 1. The summed E-state index contributed by atoms with van der Waals surface area (Å²) in [6, 6.07) is 10.2. The molecule has 4 rings (SSSR count). The molecule has 2 unspecified atom stereocenters. The minimum absolute atomic E-state index is 0.0637. The number of rotatable bonds is 8. The lowest BCUT2D eigenvalue weighted by atomic mass is 9.78. The molecule has 2 aromatic rings. The summed E-state index contributed by atoms with van der Waals surface area (Å²) in [5, 5.41) is 5.00. The van der Waals surface area contributed by atoms with Crippen molar-refractivity contribution in [2.75, 3.05) is 18.1 Å². The van der Waals surface area contributed by atoms with E-state index in [4.69, 9.17) is 10.5 Å². The molecule has 0 saturated heterocycles. The Kier molecular flexibility index (Phi) is 9.98. The van der Waals surface area contributed by atoms with Gasteiger partial charge in [0, 0.05) is 31.1 Å². The molecule has 7 heteroatoms. The molecule has 37 heavy (non-hydrogen) atoms. The van der Waals surface area contributed by atoms with Crippen molar-refractivity contribution in [3.63, 3.8) is 0 Å². The van der Waals surface area contributed by atoms with Crippen LogP contribution in [0.3, 0.4) is 0 Å². The second kappa shape index (κ2) is 13.0. The molecule has 2 aliphatic rings. The highest BCUT2D eigenvalue weighted by Gasteiger charge is 2.38. The smallest absolute Gasteiger partial charge is 0.303 e. The van der Waals surface area contributed by atoms with Crippen molar-refractivity contribution in [1.29, 1.82) is 0 Å². The molecule has 1 aromatic carbocycles. The van der Waals surface area contributed by atoms with Crippen molar-refractivity contribution in [3.8, 4) is 10.4 Å². The highest BCUT2D eigenvalue weighted by atomic mass is 32.1. The zero-order valence-corrected chi connectivity index (χ0v) is 23.6. The number of carbonyl (C=O) groups excluding carboxylic acids is 2. The molecule has 0 bridgehead atoms. The van der Waals surface area contributed by atoms with Crippen molar-refractivity contribution in [1.82, 2.24) is 4.90 Å². The van der Waals surface area contributed by atoms with Gasteiger partial charge in [-0.05, 0) is 73.2 Å². The lowest BCUT2D eigenvalue weighted by Crippen LogP contribution is -2.40. The first-order valence-electron chi connectivity index (χ1n) is 13.2. The molecule has 200 valence electrons. The van der Waals surface area contributed by atoms with Crippen LogP contribution in [0, 0.1) is 5.92 Å². The van der Waals surface area contributed by atoms with Crippen LogP contribution in [0.5, 0.6) is 0 Å². The molecule has 0 radical (unpaired) electrons. The van der Waals surface area contributed by atoms with Crippen LogP contribution < -0.4 is 11.1 Å². The number of esters is 1. The van der Waals surface area contributed by atoms with Crippen LogP contribution in [-0.4, -0.2) is 35.5 Å². The van der Waals surface area contributed by atoms with Crippen LogP contribution in [0.2, 0.25) is 0 Å². The van der Waals surface area contributed by atoms with E-state index in [1.54, 1.807) is 11.3 Å². The van der Waals surface area contributed by atoms with Crippen molar-refractivity contribution in [2.45, 2.75) is 77.9 Å². The number of hydrogen-bond donors (Lipinski definition) is 2. The second-order valence-electron chi connectivity index (χ2n) is 10.1. The first-order valence-corrected chi connectivity index (χ1v) is 14.1. The number of amides is 1. The summed E-state index contributed by atoms with van der Waals surface area (Å²) in [6.45, 7) is 8.02. The van der Waals surface area contributed by atoms with E-state index in [2.05, 4.69) is 43.1 Å². The Labute approximate surface area is 225 Å². The molecule has 0 spiro atoms. The number of hydrogen-bond acceptors (Lipinski definition) is 6. The van der Waals surface area contributed by atoms with Gasteiger partial charge in [-0.3, -0.25) is 9.59 Å². The van der Waals surface area contributed by atoms with Gasteiger partial charge in [0.15, 0.2) is 0 Å². The van der Waals surface area contributed by atoms with Gasteiger partial charge in [0.25, 0.3) is 5.91 Å². The third-order valence-corrected chi connectivity index (χ3v) is 8.26. The van der Waals surface area contributed by atoms with Crippen LogP contribution in [0.15, 0.2) is 59.6 Å². The predicted molar refractivity (Wildman–Crippen MR) is 154 cm³/mol. The molecule has 3 N–H and O–H groups in total. The zero-order chi connectivity index (χ0) is 27.0. The van der Waals surface area contributed by atoms with E-state index in [1.807, 2.05) is 49.0 Å². The Hall–Kier alpha value is -3.06. The van der Waals surface area contributed by atoms with Gasteiger partial charge in [0.05, 0.1) is 16.9 Å². The molecule has 1 aliphatic carbocycles. The number of carbonyl (C=O) groups is 2. The van der Waals surface area contributed by atoms with E-state index in [-0.39, 0.29) is 17.5 Å². The van der Waals surface area contributed by atoms with E-state index in [1.165, 1.54) is 13.3 Å². The molecule has 1 amide bonds. The van der Waals surface area contributed by atoms with Crippen LogP contribution in [0.1, 0.15) is 66.2 Å². The van der Waals surface area contributed by atoms with Gasteiger partial charge in [-0.15, -0.1) is 11.3 Å². The van der Waals surface area contributed by atoms with E-state index in [9.17, 15) is 9.59 Å². The number of nitrogen functional groups attached to an aromatic ring is 1. The highest BCUT2D eigenvalue weighted by molar-refractivity contribution is 7.13. The van der Waals surface area contributed by atoms with Gasteiger partial charge in [0.1, 0.15) is 5.60 Å². The van der Waals surface area contributed by atoms with Crippen molar-refractivity contribution in [2.24, 2.45) is 5.92 Å². The number of nitrogens with two attached hydrogens (primary N) is 1. The summed E-state index contributed by atoms with van der Waals surface area (Å²) in [4.78, 5) is 26.6. The monoisotopic (exact) mass is 523 g/mol. The Bertz CT molecular complexity index is 1110. The second-order valence-corrected chi connectivity index (χ2v) is 11.1. The Morgan fingerprint density at radius 2 is 2.03 bits per heavy atom. The first-order chi connectivity index (χ1) is 17.7. The highest BCUT2D eigenvalue weighted by Crippen LogP contribution is 2.38. The predicted octanol–water partition coefficient (Wildman–Crippen LogP) is 7.01. The zero-order valence-electron chi connectivity index (χ0n) is 22.8. The molecular formula is C30H41N3O3S. The van der Waals surface area contributed by atoms with Crippen molar-refractivity contribution >= 4 is 34.6 Å². The van der Waals surface area contributed by atoms with Crippen molar-refractivity contribution in [3.05, 3.63) is 59.6 Å². The molecule has 1 fully saturated rings. The summed E-state index contributed by atoms with van der Waals surface area (Å²) < 4.78 is 5.18. The minimum atomic E-state index is -0.143. The van der Waals surface area contributed by atoms with Crippen LogP contribution in [0.4, 0.5) is 11.4 Å². The number of benzene rings is 1. The SMILES string of the molecule is CCC(C)CC1C=CC(C(=O)Nc2cc(-c3cccs3)ccc2N)=CN1C.CCC1(OC(C)=O)CCC1. The first kappa shape index (κ1) is 28.5. The summed E-state index contributed by atoms with van der Waals surface area (Å²) in [5.74, 6) is 0.377. The summed E-state index contributed by atoms with van der Waals surface area (Å²) in [5.41, 5.74) is 8.91. The molecule has 6 nitrogen and oxygen atoms in total. The maximum atomic E-state index is 12.7. The Morgan fingerprint density at radius 3 is 2.54 bits per heavy atom. The number of anilines is 2. The third kappa shape index (κ3) is 7.71. The quantitative estimate of drug-likeness (QED) is 0.287. The average Bonchev–Trinajstić information content (AvgIpc) is 3.39. The molecule has 2 atom stereocenters. The standard InChI is InChI=1S/C22H27N3OS.C8H14O2/c1-4-15(2)12-18-9-7-17(14-25(18)3)22(26)24-20-13-16(8-10-19(20)23)21-6-5-11-27-21;1-3-8(5-4-6-8)10-7(2)9/h5-11,13-15,18H,4,12,23H2,1-3H3,(H,24,26);3-6H2,1-2H3. The van der Waals surface area contributed by atoms with E-state index >= 15 is 0 Å². The molecule has 1 saturated carbocycles. The fourth-order valence-electron chi connectivity index (χ4n) is 4.53. The van der Waals surface area contributed by atoms with Crippen LogP contribution >= 0.6 is 11.3 Å². The van der Waals surface area contributed by atoms with Crippen LogP contribution in [-0.2, 0) is 14.3 Å². The topological polar surface area (TPSA) is 84.7 Å². The maximum absolute atomic E-state index is 12.7. The normalized spacial score (nSPS) is 18.6. The van der Waals surface area contributed by atoms with Gasteiger partial charge in [0.2, 0.25) is 0 Å². The molecule has 1 aromatic heterocycles. The Balaban J connectivity index is 0.000000319. The number of thiophene rings is 1. The largest absolute Gasteiger partial charge is 0.459 e. The van der Waals surface area contributed by atoms with E-state index in [0.29, 0.717) is 28.9 Å². The number of nitrogens with zero attached hydrogens (tertiary/aromatic N) is 1. The van der Waals surface area contributed by atoms with E-state index in [0.717, 1.165) is 42.5 Å². The van der Waals surface area contributed by atoms with Crippen molar-refractivity contribution < 1.29 is 14.3 Å². The maximum Gasteiger partial charge on any atom is 0.303 e. The third-order valence-electron chi connectivity index (χ3n) is 7.34. The minimum Gasteiger partial charge on any atom is -0.459 e. The van der Waals surface area contributed by atoms with Gasteiger partial charge in [-0.2, -0.15) is 0 Å². The van der Waals surface area contributed by atoms with Gasteiger partial charge in [-0.1, -0.05) is 45.4 Å². The number of likely N-dealkylation sites (N-methyl/N-ethyl adjacent to an activating group) is 1. The molecule has 1 aliphatic heterocycles. The fourth-order valence-corrected chi connectivity index (χ4v) is 5.25. The van der Waals surface area contributed by atoms with Gasteiger partial charge in [-0.25, -0.2) is 0 Å².